The summed E-state index contributed by atoms with van der Waals surface area (Å²) in [6.45, 7) is 13.8. The van der Waals surface area contributed by atoms with Crippen LogP contribution in [-0.4, -0.2) is 16.4 Å². The summed E-state index contributed by atoms with van der Waals surface area (Å²) < 4.78 is 2.06. The van der Waals surface area contributed by atoms with Crippen LogP contribution in [0, 0.1) is 41.5 Å². The second-order valence-electron chi connectivity index (χ2n) is 7.76. The van der Waals surface area contributed by atoms with Crippen LogP contribution in [0.2, 0.25) is 0 Å². The van der Waals surface area contributed by atoms with Gasteiger partial charge in [-0.1, -0.05) is 0 Å². The Morgan fingerprint density at radius 3 is 1.25 bits per heavy atom. The van der Waals surface area contributed by atoms with Crippen LogP contribution in [0.3, 0.4) is 0 Å². The van der Waals surface area contributed by atoms with Crippen molar-refractivity contribution in [3.8, 4) is 0 Å². The van der Waals surface area contributed by atoms with Gasteiger partial charge in [0.1, 0.15) is 0 Å². The first kappa shape index (κ1) is 23.9. The van der Waals surface area contributed by atoms with E-state index in [1.54, 1.807) is 0 Å². The van der Waals surface area contributed by atoms with E-state index in [-0.39, 0.29) is 12.1 Å². The molecule has 0 radical (unpaired) electrons. The fourth-order valence-electron chi connectivity index (χ4n) is 4.29. The van der Waals surface area contributed by atoms with Crippen LogP contribution in [0.4, 0.5) is 0 Å². The van der Waals surface area contributed by atoms with E-state index >= 15 is 0 Å². The molecule has 2 aromatic carbocycles. The van der Waals surface area contributed by atoms with Crippen molar-refractivity contribution in [3.63, 3.8) is 0 Å². The first-order valence-corrected chi connectivity index (χ1v) is 13.8. The Balaban J connectivity index is 2.23. The number of rotatable bonds is 7. The zero-order valence-electron chi connectivity index (χ0n) is 17.5. The van der Waals surface area contributed by atoms with E-state index in [1.807, 2.05) is 0 Å². The number of benzene rings is 2. The van der Waals surface area contributed by atoms with E-state index in [4.69, 9.17) is 29.8 Å². The molecule has 0 fully saturated rings. The van der Waals surface area contributed by atoms with E-state index in [1.165, 1.54) is 44.5 Å². The summed E-state index contributed by atoms with van der Waals surface area (Å²) in [5.41, 5.74) is 22.8. The summed E-state index contributed by atoms with van der Waals surface area (Å²) in [6, 6.07) is 8.36. The minimum absolute atomic E-state index is 0.161. The third-order valence-corrected chi connectivity index (χ3v) is 8.08. The Kier molecular flexibility index (Phi) is 8.63. The second kappa shape index (κ2) is 10.1. The van der Waals surface area contributed by atoms with Gasteiger partial charge in [-0.15, -0.1) is 0 Å². The number of halogens is 2. The Bertz CT molecular complexity index is 727. The van der Waals surface area contributed by atoms with Gasteiger partial charge in [0.2, 0.25) is 0 Å². The molecule has 0 aliphatic heterocycles. The van der Waals surface area contributed by atoms with E-state index in [9.17, 15) is 0 Å². The number of nitrogens with zero attached hydrogens (tertiary/aromatic N) is 1. The van der Waals surface area contributed by atoms with Gasteiger partial charge in [0.25, 0.3) is 0 Å². The summed E-state index contributed by atoms with van der Waals surface area (Å²) in [5, 5.41) is 0. The number of hydrogen-bond donors (Lipinski definition) is 2. The summed E-state index contributed by atoms with van der Waals surface area (Å²) >= 11 is -1.74. The predicted molar refractivity (Wildman–Crippen MR) is 118 cm³/mol. The molecule has 0 spiro atoms. The minimum atomic E-state index is -1.74. The monoisotopic (exact) mass is 515 g/mol. The van der Waals surface area contributed by atoms with Crippen molar-refractivity contribution in [2.75, 3.05) is 13.1 Å². The SMILES string of the molecule is Cc1cc(C)c(C(N)C[N](CC(N)c2c(C)cc(C)cc2C)[Ag]([Cl])[Cl])c(C)c1. The Morgan fingerprint density at radius 2 is 1.00 bits per heavy atom. The van der Waals surface area contributed by atoms with Gasteiger partial charge in [-0.3, -0.25) is 0 Å². The van der Waals surface area contributed by atoms with Crippen LogP contribution >= 0.6 is 18.4 Å². The molecule has 2 atom stereocenters. The van der Waals surface area contributed by atoms with Crippen LogP contribution in [0.1, 0.15) is 56.6 Å². The molecule has 0 heterocycles. The molecule has 0 aromatic heterocycles. The first-order chi connectivity index (χ1) is 13.0. The Morgan fingerprint density at radius 1 is 0.714 bits per heavy atom. The molecule has 0 bridgehead atoms. The van der Waals surface area contributed by atoms with E-state index in [0.29, 0.717) is 13.1 Å². The van der Waals surface area contributed by atoms with Gasteiger partial charge >= 0.3 is 185 Å². The standard InChI is InChI=1S/C22H32N3.Ag.2ClH/c1-13-7-15(3)21(16(4)8-13)19(23)11-25-12-20(24)22-17(5)9-14(2)10-18(22)6;;;/h7-10,19-20H,11-12,23-24H2,1-6H3;;2*1H/q-1;+3;;/p-2. The van der Waals surface area contributed by atoms with Gasteiger partial charge in [0, 0.05) is 0 Å². The molecule has 6 heteroatoms. The third kappa shape index (κ3) is 5.84. The van der Waals surface area contributed by atoms with Gasteiger partial charge in [-0.2, -0.15) is 0 Å². The fraction of sp³-hybridized carbons (Fsp3) is 0.455. The zero-order chi connectivity index (χ0) is 21.2. The molecular formula is C22H32AgCl2N3. The molecule has 2 aromatic rings. The van der Waals surface area contributed by atoms with Gasteiger partial charge in [-0.25, -0.2) is 0 Å². The molecule has 0 amide bonds. The first-order valence-electron chi connectivity index (χ1n) is 9.37. The van der Waals surface area contributed by atoms with Gasteiger partial charge in [0.05, 0.1) is 0 Å². The molecule has 0 aliphatic rings. The molecule has 160 valence electrons. The molecule has 0 saturated heterocycles. The molecular weight excluding hydrogens is 485 g/mol. The average molecular weight is 517 g/mol. The quantitative estimate of drug-likeness (QED) is 0.486. The average Bonchev–Trinajstić information content (AvgIpc) is 2.51. The molecule has 0 saturated carbocycles. The number of nitrogens with two attached hydrogens (primary N) is 2. The van der Waals surface area contributed by atoms with E-state index < -0.39 is 16.5 Å². The van der Waals surface area contributed by atoms with Crippen LogP contribution in [0.15, 0.2) is 24.3 Å². The summed E-state index contributed by atoms with van der Waals surface area (Å²) in [7, 11) is 12.8. The zero-order valence-corrected chi connectivity index (χ0v) is 20.5. The molecule has 3 nitrogen and oxygen atoms in total. The maximum absolute atomic E-state index is 6.60. The van der Waals surface area contributed by atoms with Crippen molar-refractivity contribution >= 4 is 18.4 Å². The van der Waals surface area contributed by atoms with Crippen LogP contribution in [0.25, 0.3) is 0 Å². The Labute approximate surface area is 184 Å². The van der Waals surface area contributed by atoms with Crippen molar-refractivity contribution in [1.82, 2.24) is 3.30 Å². The van der Waals surface area contributed by atoms with Gasteiger partial charge < -0.3 is 0 Å². The molecule has 4 N–H and O–H groups in total. The van der Waals surface area contributed by atoms with Gasteiger partial charge in [0.15, 0.2) is 0 Å². The summed E-state index contributed by atoms with van der Waals surface area (Å²) in [4.78, 5) is 0. The fourth-order valence-corrected chi connectivity index (χ4v) is 6.27. The van der Waals surface area contributed by atoms with Crippen molar-refractivity contribution < 1.29 is 16.5 Å². The van der Waals surface area contributed by atoms with Crippen LogP contribution in [-0.2, 0) is 16.5 Å². The van der Waals surface area contributed by atoms with Crippen molar-refractivity contribution in [2.45, 2.75) is 53.6 Å². The maximum atomic E-state index is 6.60. The summed E-state index contributed by atoms with van der Waals surface area (Å²) in [6.07, 6.45) is 0. The Hall–Kier alpha value is -0.360. The second-order valence-corrected chi connectivity index (χ2v) is 12.7. The third-order valence-electron chi connectivity index (χ3n) is 5.12. The molecule has 2 rings (SSSR count). The van der Waals surface area contributed by atoms with E-state index in [0.717, 1.165) is 0 Å². The van der Waals surface area contributed by atoms with Crippen molar-refractivity contribution in [3.05, 3.63) is 68.8 Å². The molecule has 0 aliphatic carbocycles. The van der Waals surface area contributed by atoms with Gasteiger partial charge in [-0.05, 0) is 0 Å². The van der Waals surface area contributed by atoms with E-state index in [2.05, 4.69) is 69.1 Å². The normalized spacial score (nSPS) is 14.3. The number of hydrogen-bond acceptors (Lipinski definition) is 3. The van der Waals surface area contributed by atoms with Crippen molar-refractivity contribution in [2.24, 2.45) is 11.5 Å². The molecule has 2 unspecified atom stereocenters. The van der Waals surface area contributed by atoms with Crippen LogP contribution in [0.5, 0.6) is 0 Å². The predicted octanol–water partition coefficient (Wildman–Crippen LogP) is 5.38. The summed E-state index contributed by atoms with van der Waals surface area (Å²) in [5.74, 6) is 0. The van der Waals surface area contributed by atoms with Crippen LogP contribution < -0.4 is 11.5 Å². The molecule has 28 heavy (non-hydrogen) atoms. The van der Waals surface area contributed by atoms with Crippen molar-refractivity contribution in [1.29, 1.82) is 0 Å². The number of aryl methyl sites for hydroxylation is 6. The topological polar surface area (TPSA) is 55.3 Å².